The van der Waals surface area contributed by atoms with Crippen molar-refractivity contribution >= 4 is 0 Å². The monoisotopic (exact) mass is 187 g/mol. The minimum atomic E-state index is -0.271. The van der Waals surface area contributed by atoms with Crippen molar-refractivity contribution in [2.45, 2.75) is 53.7 Å². The fourth-order valence-electron chi connectivity index (χ4n) is 0.839. The van der Waals surface area contributed by atoms with E-state index in [4.69, 9.17) is 0 Å². The molecule has 3 unspecified atom stereocenters. The van der Waals surface area contributed by atoms with Crippen LogP contribution in [0.15, 0.2) is 0 Å². The molecule has 0 aliphatic heterocycles. The molecule has 80 valence electrons. The van der Waals surface area contributed by atoms with Crippen LogP contribution >= 0.6 is 0 Å². The van der Waals surface area contributed by atoms with E-state index in [-0.39, 0.29) is 12.1 Å². The van der Waals surface area contributed by atoms with E-state index in [1.165, 1.54) is 0 Å². The summed E-state index contributed by atoms with van der Waals surface area (Å²) in [5.41, 5.74) is 0.339. The number of aliphatic hydroxyl groups excluding tert-OH is 1. The Morgan fingerprint density at radius 1 is 1.15 bits per heavy atom. The Bertz CT molecular complexity index is 138. The first-order valence-corrected chi connectivity index (χ1v) is 5.16. The molecule has 0 spiro atoms. The zero-order valence-electron chi connectivity index (χ0n) is 9.89. The minimum Gasteiger partial charge on any atom is -0.392 e. The van der Waals surface area contributed by atoms with Crippen molar-refractivity contribution in [1.82, 2.24) is 5.32 Å². The predicted octanol–water partition coefficient (Wildman–Crippen LogP) is 2.03. The summed E-state index contributed by atoms with van der Waals surface area (Å²) in [6, 6.07) is 0.185. The van der Waals surface area contributed by atoms with Crippen LogP contribution in [0.5, 0.6) is 0 Å². The number of rotatable bonds is 4. The Hall–Kier alpha value is -0.0800. The summed E-state index contributed by atoms with van der Waals surface area (Å²) in [6.07, 6.45) is -0.271. The van der Waals surface area contributed by atoms with Crippen molar-refractivity contribution in [3.8, 4) is 0 Å². The molecule has 0 rings (SSSR count). The van der Waals surface area contributed by atoms with Gasteiger partial charge in [0.2, 0.25) is 0 Å². The molecule has 2 heteroatoms. The Morgan fingerprint density at radius 2 is 1.62 bits per heavy atom. The Kier molecular flexibility index (Phi) is 4.93. The first kappa shape index (κ1) is 12.9. The molecule has 0 aromatic rings. The molecule has 0 aliphatic rings. The van der Waals surface area contributed by atoms with E-state index in [1.54, 1.807) is 0 Å². The van der Waals surface area contributed by atoms with Crippen LogP contribution in [0.25, 0.3) is 0 Å². The highest BCUT2D eigenvalue weighted by Gasteiger charge is 2.20. The van der Waals surface area contributed by atoms with Gasteiger partial charge in [-0.25, -0.2) is 0 Å². The van der Waals surface area contributed by atoms with Crippen molar-refractivity contribution in [2.75, 3.05) is 6.54 Å². The van der Waals surface area contributed by atoms with Crippen molar-refractivity contribution in [3.05, 3.63) is 0 Å². The molecule has 0 aromatic heterocycles. The third-order valence-corrected chi connectivity index (χ3v) is 2.95. The smallest absolute Gasteiger partial charge is 0.0662 e. The molecule has 0 bridgehead atoms. The van der Waals surface area contributed by atoms with E-state index in [1.807, 2.05) is 13.8 Å². The molecular weight excluding hydrogens is 162 g/mol. The van der Waals surface area contributed by atoms with Crippen molar-refractivity contribution in [2.24, 2.45) is 11.3 Å². The lowest BCUT2D eigenvalue weighted by Crippen LogP contribution is -2.40. The van der Waals surface area contributed by atoms with Crippen molar-refractivity contribution in [3.63, 3.8) is 0 Å². The standard InChI is InChI=1S/C11H25NO/c1-8(11(4,5)6)7-12-9(2)10(3)13/h8-10,12-13H,7H2,1-6H3. The second-order valence-corrected chi connectivity index (χ2v) is 5.20. The normalized spacial score (nSPS) is 19.6. The van der Waals surface area contributed by atoms with Gasteiger partial charge < -0.3 is 10.4 Å². The average Bonchev–Trinajstić information content (AvgIpc) is 1.97. The zero-order chi connectivity index (χ0) is 10.6. The Labute approximate surface area is 82.7 Å². The van der Waals surface area contributed by atoms with Crippen LogP contribution in [0.1, 0.15) is 41.5 Å². The van der Waals surface area contributed by atoms with Gasteiger partial charge in [0.25, 0.3) is 0 Å². The summed E-state index contributed by atoms with van der Waals surface area (Å²) in [4.78, 5) is 0. The molecule has 0 amide bonds. The first-order chi connectivity index (χ1) is 5.75. The van der Waals surface area contributed by atoms with Gasteiger partial charge in [0.15, 0.2) is 0 Å². The molecule has 0 heterocycles. The van der Waals surface area contributed by atoms with Gasteiger partial charge in [-0.1, -0.05) is 27.7 Å². The quantitative estimate of drug-likeness (QED) is 0.706. The fraction of sp³-hybridized carbons (Fsp3) is 1.00. The molecule has 0 saturated carbocycles. The number of aliphatic hydroxyl groups is 1. The molecule has 0 radical (unpaired) electrons. The van der Waals surface area contributed by atoms with E-state index in [0.717, 1.165) is 6.54 Å². The van der Waals surface area contributed by atoms with Gasteiger partial charge >= 0.3 is 0 Å². The summed E-state index contributed by atoms with van der Waals surface area (Å²) in [5.74, 6) is 0.619. The van der Waals surface area contributed by atoms with Gasteiger partial charge in [-0.05, 0) is 31.7 Å². The van der Waals surface area contributed by atoms with E-state index in [0.29, 0.717) is 11.3 Å². The van der Waals surface area contributed by atoms with E-state index < -0.39 is 0 Å². The van der Waals surface area contributed by atoms with Gasteiger partial charge in [-0.3, -0.25) is 0 Å². The summed E-state index contributed by atoms with van der Waals surface area (Å²) >= 11 is 0. The molecular formula is C11H25NO. The number of hydrogen-bond donors (Lipinski definition) is 2. The van der Waals surface area contributed by atoms with E-state index >= 15 is 0 Å². The molecule has 0 aliphatic carbocycles. The van der Waals surface area contributed by atoms with Crippen LogP contribution in [0.3, 0.4) is 0 Å². The summed E-state index contributed by atoms with van der Waals surface area (Å²) in [7, 11) is 0. The highest BCUT2D eigenvalue weighted by Crippen LogP contribution is 2.24. The zero-order valence-corrected chi connectivity index (χ0v) is 9.89. The van der Waals surface area contributed by atoms with Crippen molar-refractivity contribution < 1.29 is 5.11 Å². The van der Waals surface area contributed by atoms with Gasteiger partial charge in [-0.2, -0.15) is 0 Å². The molecule has 0 fully saturated rings. The van der Waals surface area contributed by atoms with Gasteiger partial charge in [0.1, 0.15) is 0 Å². The maximum Gasteiger partial charge on any atom is 0.0662 e. The van der Waals surface area contributed by atoms with Crippen LogP contribution in [0.4, 0.5) is 0 Å². The minimum absolute atomic E-state index is 0.185. The maximum absolute atomic E-state index is 9.27. The van der Waals surface area contributed by atoms with Crippen LogP contribution in [0.2, 0.25) is 0 Å². The predicted molar refractivity (Wildman–Crippen MR) is 57.8 cm³/mol. The Balaban J connectivity index is 3.77. The topological polar surface area (TPSA) is 32.3 Å². The molecule has 2 nitrogen and oxygen atoms in total. The van der Waals surface area contributed by atoms with Crippen LogP contribution in [0, 0.1) is 11.3 Å². The number of hydrogen-bond acceptors (Lipinski definition) is 2. The summed E-state index contributed by atoms with van der Waals surface area (Å²) in [5, 5.41) is 12.6. The van der Waals surface area contributed by atoms with E-state index in [2.05, 4.69) is 33.0 Å². The third-order valence-electron chi connectivity index (χ3n) is 2.95. The van der Waals surface area contributed by atoms with Crippen LogP contribution in [-0.4, -0.2) is 23.8 Å². The third kappa shape index (κ3) is 5.27. The lowest BCUT2D eigenvalue weighted by atomic mass is 9.82. The molecule has 0 aromatic carbocycles. The van der Waals surface area contributed by atoms with Crippen LogP contribution < -0.4 is 5.32 Å². The fourth-order valence-corrected chi connectivity index (χ4v) is 0.839. The summed E-state index contributed by atoms with van der Waals surface area (Å²) in [6.45, 7) is 13.8. The van der Waals surface area contributed by atoms with Gasteiger partial charge in [-0.15, -0.1) is 0 Å². The second-order valence-electron chi connectivity index (χ2n) is 5.20. The largest absolute Gasteiger partial charge is 0.392 e. The molecule has 2 N–H and O–H groups in total. The van der Waals surface area contributed by atoms with Crippen molar-refractivity contribution in [1.29, 1.82) is 0 Å². The Morgan fingerprint density at radius 3 is 1.92 bits per heavy atom. The molecule has 3 atom stereocenters. The maximum atomic E-state index is 9.27. The lowest BCUT2D eigenvalue weighted by molar-refractivity contribution is 0.143. The molecule has 13 heavy (non-hydrogen) atoms. The second kappa shape index (κ2) is 4.97. The highest BCUT2D eigenvalue weighted by atomic mass is 16.3. The van der Waals surface area contributed by atoms with Gasteiger partial charge in [0.05, 0.1) is 6.10 Å². The number of nitrogens with one attached hydrogen (secondary N) is 1. The molecule has 0 saturated heterocycles. The SMILES string of the molecule is CC(O)C(C)NCC(C)C(C)(C)C. The average molecular weight is 187 g/mol. The van der Waals surface area contributed by atoms with E-state index in [9.17, 15) is 5.11 Å². The highest BCUT2D eigenvalue weighted by molar-refractivity contribution is 4.75. The first-order valence-electron chi connectivity index (χ1n) is 5.16. The van der Waals surface area contributed by atoms with Crippen LogP contribution in [-0.2, 0) is 0 Å². The summed E-state index contributed by atoms with van der Waals surface area (Å²) < 4.78 is 0. The lowest BCUT2D eigenvalue weighted by Gasteiger charge is -2.29. The van der Waals surface area contributed by atoms with Gasteiger partial charge in [0, 0.05) is 6.04 Å².